The maximum atomic E-state index is 13.6. The molecule has 4 rings (SSSR count). The van der Waals surface area contributed by atoms with Gasteiger partial charge in [0.15, 0.2) is 18.2 Å². The van der Waals surface area contributed by atoms with Gasteiger partial charge in [0.2, 0.25) is 5.91 Å². The lowest BCUT2D eigenvalue weighted by Gasteiger charge is -2.40. The van der Waals surface area contributed by atoms with Crippen molar-refractivity contribution in [1.29, 1.82) is 0 Å². The smallest absolute Gasteiger partial charge is 0.260 e. The fourth-order valence-electron chi connectivity index (χ4n) is 3.52. The van der Waals surface area contributed by atoms with Crippen molar-refractivity contribution >= 4 is 17.5 Å². The molecule has 0 unspecified atom stereocenters. The number of anilines is 1. The van der Waals surface area contributed by atoms with Crippen LogP contribution in [-0.2, 0) is 16.1 Å². The van der Waals surface area contributed by atoms with E-state index >= 15 is 0 Å². The topological polar surface area (TPSA) is 49.9 Å². The third-order valence-electron chi connectivity index (χ3n) is 5.29. The predicted octanol–water partition coefficient (Wildman–Crippen LogP) is 3.90. The predicted molar refractivity (Wildman–Crippen MR) is 116 cm³/mol. The van der Waals surface area contributed by atoms with Crippen LogP contribution in [0, 0.1) is 11.7 Å². The van der Waals surface area contributed by atoms with Gasteiger partial charge in [-0.2, -0.15) is 0 Å². The summed E-state index contributed by atoms with van der Waals surface area (Å²) in [6.45, 7) is 0.867. The van der Waals surface area contributed by atoms with E-state index in [1.165, 1.54) is 12.1 Å². The van der Waals surface area contributed by atoms with E-state index in [0.717, 1.165) is 11.3 Å². The quantitative estimate of drug-likeness (QED) is 0.585. The zero-order chi connectivity index (χ0) is 21.6. The van der Waals surface area contributed by atoms with Gasteiger partial charge in [0.05, 0.1) is 12.5 Å². The van der Waals surface area contributed by atoms with E-state index in [0.29, 0.717) is 19.6 Å². The number of halogens is 1. The summed E-state index contributed by atoms with van der Waals surface area (Å²) >= 11 is 0. The zero-order valence-electron chi connectivity index (χ0n) is 17.0. The van der Waals surface area contributed by atoms with Crippen LogP contribution in [0.15, 0.2) is 84.9 Å². The Balaban J connectivity index is 1.37. The van der Waals surface area contributed by atoms with E-state index < -0.39 is 5.82 Å². The summed E-state index contributed by atoms with van der Waals surface area (Å²) < 4.78 is 18.9. The summed E-state index contributed by atoms with van der Waals surface area (Å²) in [5.41, 5.74) is 1.86. The van der Waals surface area contributed by atoms with Gasteiger partial charge in [0.25, 0.3) is 5.91 Å². The molecule has 6 heteroatoms. The number of hydrogen-bond acceptors (Lipinski definition) is 3. The minimum absolute atomic E-state index is 0.0193. The average molecular weight is 418 g/mol. The van der Waals surface area contributed by atoms with Crippen molar-refractivity contribution in [2.45, 2.75) is 6.54 Å². The Morgan fingerprint density at radius 1 is 0.903 bits per heavy atom. The van der Waals surface area contributed by atoms with Crippen LogP contribution in [0.4, 0.5) is 10.1 Å². The minimum atomic E-state index is -0.508. The van der Waals surface area contributed by atoms with Crippen molar-refractivity contribution in [2.24, 2.45) is 5.92 Å². The van der Waals surface area contributed by atoms with Gasteiger partial charge in [-0.15, -0.1) is 0 Å². The molecular formula is C25H23FN2O3. The van der Waals surface area contributed by atoms with E-state index in [4.69, 9.17) is 4.74 Å². The Morgan fingerprint density at radius 3 is 2.19 bits per heavy atom. The molecule has 1 saturated heterocycles. The Labute approximate surface area is 180 Å². The van der Waals surface area contributed by atoms with Crippen LogP contribution < -0.4 is 9.64 Å². The number of ether oxygens (including phenoxy) is 1. The molecular weight excluding hydrogens is 395 g/mol. The summed E-state index contributed by atoms with van der Waals surface area (Å²) in [5.74, 6) is -1.02. The first-order valence-corrected chi connectivity index (χ1v) is 10.2. The summed E-state index contributed by atoms with van der Waals surface area (Å²) in [5, 5.41) is 0. The van der Waals surface area contributed by atoms with Gasteiger partial charge in [-0.25, -0.2) is 4.39 Å². The van der Waals surface area contributed by atoms with E-state index in [2.05, 4.69) is 0 Å². The highest BCUT2D eigenvalue weighted by Gasteiger charge is 2.38. The minimum Gasteiger partial charge on any atom is -0.481 e. The number of likely N-dealkylation sites (tertiary alicyclic amines) is 1. The monoisotopic (exact) mass is 418 g/mol. The van der Waals surface area contributed by atoms with E-state index in [1.807, 2.05) is 60.7 Å². The van der Waals surface area contributed by atoms with Crippen LogP contribution in [0.25, 0.3) is 0 Å². The molecule has 1 heterocycles. The number of benzene rings is 3. The van der Waals surface area contributed by atoms with Crippen molar-refractivity contribution in [3.05, 3.63) is 96.3 Å². The van der Waals surface area contributed by atoms with Gasteiger partial charge in [-0.3, -0.25) is 9.59 Å². The second-order valence-electron chi connectivity index (χ2n) is 7.46. The fraction of sp³-hybridized carbons (Fsp3) is 0.200. The summed E-state index contributed by atoms with van der Waals surface area (Å²) in [6.07, 6.45) is 0. The van der Waals surface area contributed by atoms with Gasteiger partial charge in [-0.1, -0.05) is 60.7 Å². The van der Waals surface area contributed by atoms with Crippen LogP contribution in [0.3, 0.4) is 0 Å². The molecule has 5 nitrogen and oxygen atoms in total. The molecule has 1 fully saturated rings. The number of rotatable bonds is 7. The lowest BCUT2D eigenvalue weighted by Crippen LogP contribution is -2.57. The Morgan fingerprint density at radius 2 is 1.52 bits per heavy atom. The Hall–Kier alpha value is -3.67. The molecule has 0 aromatic heterocycles. The highest BCUT2D eigenvalue weighted by Crippen LogP contribution is 2.25. The second kappa shape index (κ2) is 9.43. The summed E-state index contributed by atoms with van der Waals surface area (Å²) in [6, 6.07) is 25.3. The van der Waals surface area contributed by atoms with Crippen LogP contribution in [-0.4, -0.2) is 36.4 Å². The van der Waals surface area contributed by atoms with Crippen LogP contribution in [0.5, 0.6) is 5.75 Å². The first-order chi connectivity index (χ1) is 15.1. The number of carbonyl (C=O) groups is 2. The third-order valence-corrected chi connectivity index (χ3v) is 5.29. The normalized spacial score (nSPS) is 13.4. The van der Waals surface area contributed by atoms with Crippen molar-refractivity contribution in [3.8, 4) is 5.75 Å². The Bertz CT molecular complexity index is 1040. The van der Waals surface area contributed by atoms with Gasteiger partial charge in [-0.05, 0) is 29.8 Å². The summed E-state index contributed by atoms with van der Waals surface area (Å²) in [7, 11) is 0. The van der Waals surface area contributed by atoms with Gasteiger partial charge < -0.3 is 14.5 Å². The lowest BCUT2D eigenvalue weighted by molar-refractivity contribution is -0.143. The largest absolute Gasteiger partial charge is 0.481 e. The number of amides is 2. The van der Waals surface area contributed by atoms with Crippen LogP contribution in [0.2, 0.25) is 0 Å². The molecule has 2 amide bonds. The molecule has 0 aliphatic carbocycles. The Kier molecular flexibility index (Phi) is 6.26. The van der Waals surface area contributed by atoms with Crippen molar-refractivity contribution in [3.63, 3.8) is 0 Å². The maximum absolute atomic E-state index is 13.6. The molecule has 0 spiro atoms. The number of para-hydroxylation sites is 2. The molecule has 0 radical (unpaired) electrons. The number of carbonyl (C=O) groups excluding carboxylic acids is 2. The van der Waals surface area contributed by atoms with E-state index in [9.17, 15) is 14.0 Å². The zero-order valence-corrected chi connectivity index (χ0v) is 17.0. The SMILES string of the molecule is O=C(COc1ccccc1F)N1CC(C(=O)N(Cc2ccccc2)c2ccccc2)C1. The molecule has 1 aliphatic rings. The fourth-order valence-corrected chi connectivity index (χ4v) is 3.52. The molecule has 0 saturated carbocycles. The maximum Gasteiger partial charge on any atom is 0.260 e. The van der Waals surface area contributed by atoms with Gasteiger partial charge in [0.1, 0.15) is 0 Å². The molecule has 3 aromatic carbocycles. The third kappa shape index (κ3) is 4.91. The van der Waals surface area contributed by atoms with E-state index in [-0.39, 0.29) is 30.1 Å². The average Bonchev–Trinajstić information content (AvgIpc) is 2.77. The van der Waals surface area contributed by atoms with Crippen LogP contribution >= 0.6 is 0 Å². The van der Waals surface area contributed by atoms with Gasteiger partial charge >= 0.3 is 0 Å². The molecule has 1 aliphatic heterocycles. The molecule has 31 heavy (non-hydrogen) atoms. The molecule has 158 valence electrons. The molecule has 0 atom stereocenters. The highest BCUT2D eigenvalue weighted by molar-refractivity contribution is 5.96. The van der Waals surface area contributed by atoms with Crippen molar-refractivity contribution in [2.75, 3.05) is 24.6 Å². The van der Waals surface area contributed by atoms with Crippen molar-refractivity contribution < 1.29 is 18.7 Å². The summed E-state index contributed by atoms with van der Waals surface area (Å²) in [4.78, 5) is 28.9. The van der Waals surface area contributed by atoms with Gasteiger partial charge in [0, 0.05) is 18.8 Å². The number of hydrogen-bond donors (Lipinski definition) is 0. The highest BCUT2D eigenvalue weighted by atomic mass is 19.1. The molecule has 3 aromatic rings. The van der Waals surface area contributed by atoms with E-state index in [1.54, 1.807) is 21.9 Å². The first kappa shape index (κ1) is 20.6. The second-order valence-corrected chi connectivity index (χ2v) is 7.46. The lowest BCUT2D eigenvalue weighted by atomic mass is 9.97. The molecule has 0 bridgehead atoms. The van der Waals surface area contributed by atoms with Crippen LogP contribution in [0.1, 0.15) is 5.56 Å². The first-order valence-electron chi connectivity index (χ1n) is 10.2. The molecule has 0 N–H and O–H groups in total. The number of nitrogens with zero attached hydrogens (tertiary/aromatic N) is 2. The standard InChI is InChI=1S/C25H23FN2O3/c26-22-13-7-8-14-23(22)31-18-24(29)27-16-20(17-27)25(30)28(21-11-5-2-6-12-21)15-19-9-3-1-4-10-19/h1-14,20H,15-18H2. The van der Waals surface area contributed by atoms with Crippen molar-refractivity contribution in [1.82, 2.24) is 4.90 Å².